The van der Waals surface area contributed by atoms with Crippen molar-refractivity contribution in [1.82, 2.24) is 0 Å². The first kappa shape index (κ1) is 14.3. The molecule has 120 valence electrons. The molecule has 0 saturated heterocycles. The molecule has 4 aliphatic rings. The summed E-state index contributed by atoms with van der Waals surface area (Å²) in [5, 5.41) is 0. The van der Waals surface area contributed by atoms with Crippen molar-refractivity contribution in [3.63, 3.8) is 0 Å². The number of carbonyl (C=O) groups is 2. The fraction of sp³-hybridized carbons (Fsp3) is 0.778. The van der Waals surface area contributed by atoms with Crippen molar-refractivity contribution in [2.75, 3.05) is 13.2 Å². The topological polar surface area (TPSA) is 52.6 Å². The van der Waals surface area contributed by atoms with Crippen molar-refractivity contribution >= 4 is 11.9 Å². The lowest BCUT2D eigenvalue weighted by Gasteiger charge is -2.39. The van der Waals surface area contributed by atoms with Gasteiger partial charge >= 0.3 is 11.9 Å². The summed E-state index contributed by atoms with van der Waals surface area (Å²) < 4.78 is 10.6. The number of carbonyl (C=O) groups excluding carboxylic acids is 2. The second-order valence-electron chi connectivity index (χ2n) is 7.22. The van der Waals surface area contributed by atoms with E-state index in [0.29, 0.717) is 48.7 Å². The van der Waals surface area contributed by atoms with Crippen molar-refractivity contribution in [3.8, 4) is 0 Å². The standard InChI is InChI=1S/C18H24O4/c1-3-21-17(19)15-11-8-12(16(15)18(20)22-4-2)14-10-6-5-9(7-10)13(11)14/h5-6,9-16H,3-4,7-8H2,1-2H3. The predicted octanol–water partition coefficient (Wildman–Crippen LogP) is 2.43. The van der Waals surface area contributed by atoms with Gasteiger partial charge in [-0.25, -0.2) is 0 Å². The zero-order valence-electron chi connectivity index (χ0n) is 13.2. The van der Waals surface area contributed by atoms with Crippen molar-refractivity contribution in [3.05, 3.63) is 12.2 Å². The molecule has 8 atom stereocenters. The molecule has 0 aromatic carbocycles. The SMILES string of the molecule is CCOC(=O)C1C2CC(C1C(=O)OCC)C1C3C=CC(C3)C21. The number of fused-ring (bicyclic) bond motifs is 9. The largest absolute Gasteiger partial charge is 0.466 e. The highest BCUT2D eigenvalue weighted by Gasteiger charge is 2.68. The van der Waals surface area contributed by atoms with Gasteiger partial charge in [0.1, 0.15) is 0 Å². The first-order chi connectivity index (χ1) is 10.7. The van der Waals surface area contributed by atoms with Gasteiger partial charge in [-0.3, -0.25) is 9.59 Å². The summed E-state index contributed by atoms with van der Waals surface area (Å²) in [6, 6.07) is 0. The minimum absolute atomic E-state index is 0.182. The minimum Gasteiger partial charge on any atom is -0.466 e. The van der Waals surface area contributed by atoms with Gasteiger partial charge in [-0.1, -0.05) is 12.2 Å². The molecule has 4 nitrogen and oxygen atoms in total. The van der Waals surface area contributed by atoms with Gasteiger partial charge in [0, 0.05) is 0 Å². The van der Waals surface area contributed by atoms with Crippen LogP contribution in [-0.4, -0.2) is 25.2 Å². The summed E-state index contributed by atoms with van der Waals surface area (Å²) in [5.41, 5.74) is 0. The Balaban J connectivity index is 1.66. The average molecular weight is 304 g/mol. The molecular weight excluding hydrogens is 280 g/mol. The fourth-order valence-electron chi connectivity index (χ4n) is 6.16. The zero-order valence-corrected chi connectivity index (χ0v) is 13.2. The molecule has 4 heteroatoms. The Bertz CT molecular complexity index is 481. The molecule has 0 spiro atoms. The highest BCUT2D eigenvalue weighted by molar-refractivity contribution is 5.84. The maximum atomic E-state index is 12.5. The van der Waals surface area contributed by atoms with Crippen LogP contribution in [0, 0.1) is 47.3 Å². The highest BCUT2D eigenvalue weighted by Crippen LogP contribution is 2.68. The van der Waals surface area contributed by atoms with E-state index in [1.165, 1.54) is 6.42 Å². The van der Waals surface area contributed by atoms with E-state index < -0.39 is 0 Å². The minimum atomic E-state index is -0.280. The molecule has 0 aliphatic heterocycles. The molecule has 0 radical (unpaired) electrons. The summed E-state index contributed by atoms with van der Waals surface area (Å²) >= 11 is 0. The quantitative estimate of drug-likeness (QED) is 0.455. The summed E-state index contributed by atoms with van der Waals surface area (Å²) in [4.78, 5) is 25.0. The number of esters is 2. The van der Waals surface area contributed by atoms with Gasteiger partial charge in [-0.15, -0.1) is 0 Å². The van der Waals surface area contributed by atoms with E-state index in [1.54, 1.807) is 0 Å². The van der Waals surface area contributed by atoms with E-state index in [2.05, 4.69) is 12.2 Å². The number of hydrogen-bond donors (Lipinski definition) is 0. The Kier molecular flexibility index (Phi) is 3.31. The summed E-state index contributed by atoms with van der Waals surface area (Å²) in [5.74, 6) is 2.09. The molecule has 4 aliphatic carbocycles. The summed E-state index contributed by atoms with van der Waals surface area (Å²) in [6.45, 7) is 4.41. The lowest BCUT2D eigenvalue weighted by Crippen LogP contribution is -2.44. The molecule has 0 aromatic heterocycles. The molecule has 3 saturated carbocycles. The van der Waals surface area contributed by atoms with Crippen LogP contribution in [0.5, 0.6) is 0 Å². The monoisotopic (exact) mass is 304 g/mol. The summed E-state index contributed by atoms with van der Waals surface area (Å²) in [7, 11) is 0. The number of hydrogen-bond acceptors (Lipinski definition) is 4. The van der Waals surface area contributed by atoms with Crippen LogP contribution in [0.4, 0.5) is 0 Å². The van der Waals surface area contributed by atoms with E-state index in [9.17, 15) is 9.59 Å². The van der Waals surface area contributed by atoms with E-state index in [1.807, 2.05) is 13.8 Å². The molecule has 0 amide bonds. The lowest BCUT2D eigenvalue weighted by atomic mass is 9.65. The zero-order chi connectivity index (χ0) is 15.4. The van der Waals surface area contributed by atoms with Gasteiger partial charge < -0.3 is 9.47 Å². The molecule has 0 N–H and O–H groups in total. The molecule has 22 heavy (non-hydrogen) atoms. The molecule has 4 rings (SSSR count). The van der Waals surface area contributed by atoms with Crippen LogP contribution in [0.15, 0.2) is 12.2 Å². The van der Waals surface area contributed by atoms with Gasteiger partial charge in [-0.2, -0.15) is 0 Å². The Hall–Kier alpha value is -1.32. The van der Waals surface area contributed by atoms with Gasteiger partial charge in [0.25, 0.3) is 0 Å². The third-order valence-corrected chi connectivity index (χ3v) is 6.54. The van der Waals surface area contributed by atoms with Crippen LogP contribution in [0.25, 0.3) is 0 Å². The first-order valence-corrected chi connectivity index (χ1v) is 8.69. The smallest absolute Gasteiger partial charge is 0.310 e. The second-order valence-corrected chi connectivity index (χ2v) is 7.22. The summed E-state index contributed by atoms with van der Waals surface area (Å²) in [6.07, 6.45) is 6.90. The Morgan fingerprint density at radius 3 is 1.73 bits per heavy atom. The first-order valence-electron chi connectivity index (χ1n) is 8.69. The van der Waals surface area contributed by atoms with Crippen LogP contribution in [0.2, 0.25) is 0 Å². The van der Waals surface area contributed by atoms with Gasteiger partial charge in [0.15, 0.2) is 0 Å². The molecule has 0 heterocycles. The van der Waals surface area contributed by atoms with E-state index in [0.717, 1.165) is 6.42 Å². The number of rotatable bonds is 4. The van der Waals surface area contributed by atoms with Crippen LogP contribution in [-0.2, 0) is 19.1 Å². The fourth-order valence-corrected chi connectivity index (χ4v) is 6.16. The second kappa shape index (κ2) is 5.10. The highest BCUT2D eigenvalue weighted by atomic mass is 16.5. The van der Waals surface area contributed by atoms with Crippen LogP contribution >= 0.6 is 0 Å². The van der Waals surface area contributed by atoms with Crippen molar-refractivity contribution in [2.24, 2.45) is 47.3 Å². The third-order valence-electron chi connectivity index (χ3n) is 6.54. The Morgan fingerprint density at radius 1 is 0.864 bits per heavy atom. The van der Waals surface area contributed by atoms with E-state index in [4.69, 9.17) is 9.47 Å². The van der Waals surface area contributed by atoms with Crippen molar-refractivity contribution in [1.29, 1.82) is 0 Å². The molecular formula is C18H24O4. The lowest BCUT2D eigenvalue weighted by molar-refractivity contribution is -0.165. The van der Waals surface area contributed by atoms with E-state index in [-0.39, 0.29) is 23.8 Å². The van der Waals surface area contributed by atoms with Crippen molar-refractivity contribution in [2.45, 2.75) is 26.7 Å². The average Bonchev–Trinajstić information content (AvgIpc) is 3.24. The third kappa shape index (κ3) is 1.76. The molecule has 8 unspecified atom stereocenters. The predicted molar refractivity (Wildman–Crippen MR) is 79.6 cm³/mol. The molecule has 0 aromatic rings. The number of ether oxygens (including phenoxy) is 2. The molecule has 4 bridgehead atoms. The normalized spacial score (nSPS) is 46.8. The Labute approximate surface area is 131 Å². The maximum absolute atomic E-state index is 12.5. The Morgan fingerprint density at radius 2 is 1.32 bits per heavy atom. The van der Waals surface area contributed by atoms with Gasteiger partial charge in [-0.05, 0) is 62.2 Å². The van der Waals surface area contributed by atoms with Gasteiger partial charge in [0.05, 0.1) is 25.0 Å². The molecule has 3 fully saturated rings. The van der Waals surface area contributed by atoms with Crippen LogP contribution in [0.1, 0.15) is 26.7 Å². The van der Waals surface area contributed by atoms with E-state index >= 15 is 0 Å². The van der Waals surface area contributed by atoms with Gasteiger partial charge in [0.2, 0.25) is 0 Å². The maximum Gasteiger partial charge on any atom is 0.310 e. The number of allylic oxidation sites excluding steroid dienone is 2. The van der Waals surface area contributed by atoms with Crippen LogP contribution < -0.4 is 0 Å². The van der Waals surface area contributed by atoms with Crippen LogP contribution in [0.3, 0.4) is 0 Å². The van der Waals surface area contributed by atoms with Crippen molar-refractivity contribution < 1.29 is 19.1 Å².